The second-order valence-electron chi connectivity index (χ2n) is 15.7. The molecule has 13 nitrogen and oxygen atoms in total. The number of carbonyl (C=O) groups is 2. The number of para-hydroxylation sites is 1. The van der Waals surface area contributed by atoms with Crippen LogP contribution < -0.4 is 30.6 Å². The van der Waals surface area contributed by atoms with Crippen LogP contribution in [-0.4, -0.2) is 62.2 Å². The fourth-order valence-electron chi connectivity index (χ4n) is 7.52. The van der Waals surface area contributed by atoms with Crippen molar-refractivity contribution in [3.8, 4) is 11.4 Å². The van der Waals surface area contributed by atoms with Crippen LogP contribution in [0, 0.1) is 6.92 Å². The van der Waals surface area contributed by atoms with Crippen LogP contribution in [0.3, 0.4) is 0 Å². The van der Waals surface area contributed by atoms with Crippen LogP contribution in [0.4, 0.5) is 22.7 Å². The number of aromatic nitrogens is 2. The molecule has 1 heterocycles. The molecule has 0 atom stereocenters. The van der Waals surface area contributed by atoms with Crippen molar-refractivity contribution >= 4 is 96.0 Å². The molecule has 0 fully saturated rings. The molecule has 0 aliphatic rings. The normalized spacial score (nSPS) is 11.8. The Hall–Kier alpha value is -4.99. The van der Waals surface area contributed by atoms with E-state index in [4.69, 9.17) is 49.5 Å². The summed E-state index contributed by atoms with van der Waals surface area (Å²) in [5.74, 6) is -1.49. The number of nitrogens with zero attached hydrogens (tertiary/aromatic N) is 4. The number of nitrogens with one attached hydrogen (secondary N) is 3. The molecule has 5 rings (SSSR count). The van der Waals surface area contributed by atoms with Crippen molar-refractivity contribution in [3.05, 3.63) is 104 Å². The van der Waals surface area contributed by atoms with Gasteiger partial charge in [0.05, 0.1) is 50.2 Å². The highest BCUT2D eigenvalue weighted by Gasteiger charge is 2.28. The summed E-state index contributed by atoms with van der Waals surface area (Å²) in [5, 5.41) is 5.70. The second-order valence-corrected chi connectivity index (χ2v) is 18.7. The summed E-state index contributed by atoms with van der Waals surface area (Å²) in [6, 6.07) is 17.1. The van der Waals surface area contributed by atoms with E-state index in [0.29, 0.717) is 17.7 Å². The molecule has 2 amide bonds. The molecule has 1 aromatic heterocycles. The van der Waals surface area contributed by atoms with Crippen molar-refractivity contribution in [1.82, 2.24) is 14.3 Å². The minimum Gasteiger partial charge on any atom is -0.495 e. The van der Waals surface area contributed by atoms with Crippen molar-refractivity contribution in [3.63, 3.8) is 0 Å². The smallest absolute Gasteiger partial charge is 0.278 e. The van der Waals surface area contributed by atoms with Gasteiger partial charge in [-0.3, -0.25) is 19.0 Å². The number of carbonyl (C=O) groups excluding carboxylic acids is 2. The zero-order valence-corrected chi connectivity index (χ0v) is 40.9. The molecule has 0 unspecified atom stereocenters. The monoisotopic (exact) mass is 965 g/mol. The first-order valence-electron chi connectivity index (χ1n) is 22.1. The SMILES string of the molecule is CCCCCCCCCCCCNS(=O)(=O)c1ccc(OC)c(NC(=O)C(=Nc2ccc(N(CC)CC)cc2C)c2nc3c(NC(C)=O)cccc3c(=O)n2-c2c(Cl)cc(Cl)cc2Cl)c1. The van der Waals surface area contributed by atoms with E-state index in [1.807, 2.05) is 32.9 Å². The Bertz CT molecular complexity index is 2680. The predicted molar refractivity (Wildman–Crippen MR) is 266 cm³/mol. The van der Waals surface area contributed by atoms with Crippen LogP contribution in [0.25, 0.3) is 16.6 Å². The molecule has 0 saturated carbocycles. The summed E-state index contributed by atoms with van der Waals surface area (Å²) >= 11 is 19.9. The molecule has 0 aliphatic heterocycles. The lowest BCUT2D eigenvalue weighted by Gasteiger charge is -2.22. The lowest BCUT2D eigenvalue weighted by Crippen LogP contribution is -2.33. The van der Waals surface area contributed by atoms with Gasteiger partial charge in [-0.1, -0.05) is 106 Å². The van der Waals surface area contributed by atoms with Crippen LogP contribution in [-0.2, 0) is 19.6 Å². The van der Waals surface area contributed by atoms with Crippen LogP contribution in [0.5, 0.6) is 5.75 Å². The highest BCUT2D eigenvalue weighted by molar-refractivity contribution is 7.89. The number of fused-ring (bicyclic) bond motifs is 1. The summed E-state index contributed by atoms with van der Waals surface area (Å²) in [7, 11) is -2.64. The van der Waals surface area contributed by atoms with Gasteiger partial charge in [0, 0.05) is 37.3 Å². The highest BCUT2D eigenvalue weighted by atomic mass is 35.5. The Labute approximate surface area is 397 Å². The van der Waals surface area contributed by atoms with Crippen LogP contribution >= 0.6 is 34.8 Å². The van der Waals surface area contributed by atoms with E-state index in [2.05, 4.69) is 27.2 Å². The third-order valence-corrected chi connectivity index (χ3v) is 13.2. The molecule has 0 radical (unpaired) electrons. The second kappa shape index (κ2) is 24.0. The van der Waals surface area contributed by atoms with Crippen molar-refractivity contribution in [2.45, 2.75) is 104 Å². The molecule has 0 spiro atoms. The number of halogens is 3. The summed E-state index contributed by atoms with van der Waals surface area (Å²) < 4.78 is 36.6. The standard InChI is InChI=1S/C48H58Cl3N7O6S/c1-7-10-11-12-13-14-15-16-17-18-26-52-65(62,63)35-23-25-42(64-6)41(30-35)55-47(60)44(54-39-24-22-34(27-31(39)4)57(8-2)9-3)46-56-43-36(20-19-21-40(43)53-32(5)59)48(61)58(46)45-37(50)28-33(49)29-38(45)51/h19-25,27-30,52H,7-18,26H2,1-6H3,(H,53,59)(H,55,60). The van der Waals surface area contributed by atoms with Crippen molar-refractivity contribution in [1.29, 1.82) is 0 Å². The number of aryl methyl sites for hydroxylation is 1. The van der Waals surface area contributed by atoms with Crippen LogP contribution in [0.2, 0.25) is 15.1 Å². The van der Waals surface area contributed by atoms with E-state index >= 15 is 4.79 Å². The Balaban J connectivity index is 1.62. The average molecular weight is 967 g/mol. The number of benzene rings is 4. The first kappa shape index (κ1) is 51.0. The molecule has 4 aromatic carbocycles. The number of anilines is 3. The Kier molecular flexibility index (Phi) is 18.8. The number of ether oxygens (including phenoxy) is 1. The molecule has 17 heteroatoms. The zero-order valence-electron chi connectivity index (χ0n) is 37.8. The fourth-order valence-corrected chi connectivity index (χ4v) is 9.61. The maximum atomic E-state index is 15.0. The lowest BCUT2D eigenvalue weighted by molar-refractivity contribution is -0.114. The molecule has 0 bridgehead atoms. The third-order valence-electron chi connectivity index (χ3n) is 10.9. The Morgan fingerprint density at radius 1 is 0.815 bits per heavy atom. The fraction of sp³-hybridized carbons (Fsp3) is 0.396. The number of methoxy groups -OCH3 is 1. The van der Waals surface area contributed by atoms with E-state index in [-0.39, 0.29) is 66.0 Å². The van der Waals surface area contributed by atoms with Gasteiger partial charge in [-0.2, -0.15) is 0 Å². The van der Waals surface area contributed by atoms with Gasteiger partial charge >= 0.3 is 0 Å². The predicted octanol–water partition coefficient (Wildman–Crippen LogP) is 11.4. The molecule has 0 aliphatic carbocycles. The number of amides is 2. The van der Waals surface area contributed by atoms with E-state index in [1.54, 1.807) is 18.2 Å². The number of unbranched alkanes of at least 4 members (excludes halogenated alkanes) is 9. The van der Waals surface area contributed by atoms with Gasteiger partial charge in [0.2, 0.25) is 15.9 Å². The topological polar surface area (TPSA) is 164 Å². The quantitative estimate of drug-likeness (QED) is 0.0430. The lowest BCUT2D eigenvalue weighted by atomic mass is 10.1. The number of sulfonamides is 1. The summed E-state index contributed by atoms with van der Waals surface area (Å²) in [6.07, 6.45) is 11.2. The van der Waals surface area contributed by atoms with Gasteiger partial charge in [0.15, 0.2) is 11.5 Å². The van der Waals surface area contributed by atoms with Crippen LogP contribution in [0.1, 0.15) is 103 Å². The summed E-state index contributed by atoms with van der Waals surface area (Å²) in [4.78, 5) is 54.0. The van der Waals surface area contributed by atoms with E-state index in [1.165, 1.54) is 89.0 Å². The zero-order chi connectivity index (χ0) is 47.3. The minimum absolute atomic E-state index is 0.00297. The maximum Gasteiger partial charge on any atom is 0.278 e. The molecule has 3 N–H and O–H groups in total. The maximum absolute atomic E-state index is 15.0. The third kappa shape index (κ3) is 13.1. The molecule has 348 valence electrons. The number of rotatable bonds is 23. The molecule has 0 saturated heterocycles. The number of hydrogen-bond donors (Lipinski definition) is 3. The number of hydrogen-bond acceptors (Lipinski definition) is 9. The van der Waals surface area contributed by atoms with E-state index < -0.39 is 33.1 Å². The minimum atomic E-state index is -4.02. The summed E-state index contributed by atoms with van der Waals surface area (Å²) in [6.45, 7) is 11.2. The largest absolute Gasteiger partial charge is 0.495 e. The van der Waals surface area contributed by atoms with Crippen molar-refractivity contribution in [2.75, 3.05) is 42.3 Å². The van der Waals surface area contributed by atoms with E-state index in [0.717, 1.165) is 42.6 Å². The van der Waals surface area contributed by atoms with Gasteiger partial charge in [-0.25, -0.2) is 23.1 Å². The van der Waals surface area contributed by atoms with Gasteiger partial charge in [-0.05, 0) is 93.4 Å². The average Bonchev–Trinajstić information content (AvgIpc) is 3.26. The van der Waals surface area contributed by atoms with Gasteiger partial charge in [-0.15, -0.1) is 0 Å². The Morgan fingerprint density at radius 2 is 1.46 bits per heavy atom. The van der Waals surface area contributed by atoms with Crippen molar-refractivity contribution < 1.29 is 22.7 Å². The van der Waals surface area contributed by atoms with Gasteiger partial charge in [0.25, 0.3) is 11.5 Å². The first-order valence-corrected chi connectivity index (χ1v) is 24.7. The Morgan fingerprint density at radius 3 is 2.06 bits per heavy atom. The molecule has 5 aromatic rings. The molecular formula is C48H58Cl3N7O6S. The molecule has 65 heavy (non-hydrogen) atoms. The first-order chi connectivity index (χ1) is 31.1. The van der Waals surface area contributed by atoms with Gasteiger partial charge < -0.3 is 20.3 Å². The van der Waals surface area contributed by atoms with E-state index in [9.17, 15) is 18.0 Å². The molecular weight excluding hydrogens is 909 g/mol. The van der Waals surface area contributed by atoms with Gasteiger partial charge in [0.1, 0.15) is 11.3 Å². The van der Waals surface area contributed by atoms with Crippen LogP contribution in [0.15, 0.2) is 81.4 Å². The number of aliphatic imine (C=N–C) groups is 1. The van der Waals surface area contributed by atoms with Crippen molar-refractivity contribution in [2.24, 2.45) is 4.99 Å². The highest BCUT2D eigenvalue weighted by Crippen LogP contribution is 2.35. The summed E-state index contributed by atoms with van der Waals surface area (Å²) in [5.41, 5.74) is 1.09.